The van der Waals surface area contributed by atoms with Crippen LogP contribution in [0.2, 0.25) is 0 Å². The molecule has 0 aliphatic heterocycles. The molecule has 0 aliphatic carbocycles. The van der Waals surface area contributed by atoms with Gasteiger partial charge in [0, 0.05) is 23.8 Å². The van der Waals surface area contributed by atoms with Gasteiger partial charge in [-0.05, 0) is 43.0 Å². The predicted octanol–water partition coefficient (Wildman–Crippen LogP) is 5.33. The van der Waals surface area contributed by atoms with E-state index in [1.54, 1.807) is 12.1 Å². The van der Waals surface area contributed by atoms with E-state index in [0.717, 1.165) is 16.8 Å². The number of aliphatic hydroxyl groups is 1. The molecule has 0 amide bonds. The van der Waals surface area contributed by atoms with Crippen molar-refractivity contribution in [2.45, 2.75) is 50.8 Å². The Morgan fingerprint density at radius 1 is 1.06 bits per heavy atom. The Balaban J connectivity index is 2.11. The minimum atomic E-state index is -2.70. The number of rotatable bonds is 11. The molecule has 0 fully saturated rings. The summed E-state index contributed by atoms with van der Waals surface area (Å²) < 4.78 is 31.2. The molecule has 3 aromatic rings. The van der Waals surface area contributed by atoms with Crippen LogP contribution >= 0.6 is 8.03 Å². The van der Waals surface area contributed by atoms with E-state index in [1.165, 1.54) is 19.2 Å². The van der Waals surface area contributed by atoms with Crippen LogP contribution in [0, 0.1) is 5.82 Å². The van der Waals surface area contributed by atoms with E-state index in [9.17, 15) is 18.9 Å². The largest absolute Gasteiger partial charge is 0.481 e. The van der Waals surface area contributed by atoms with E-state index in [-0.39, 0.29) is 18.2 Å². The first-order valence-electron chi connectivity index (χ1n) is 11.4. The number of carboxylic acid groups (broad SMARTS) is 1. The number of carboxylic acids is 1. The molecule has 3 atom stereocenters. The summed E-state index contributed by atoms with van der Waals surface area (Å²) in [6.07, 6.45) is -1.31. The summed E-state index contributed by atoms with van der Waals surface area (Å²) in [5.74, 6) is -1.01. The summed E-state index contributed by atoms with van der Waals surface area (Å²) in [5, 5.41) is 19.5. The summed E-state index contributed by atoms with van der Waals surface area (Å²) in [5.41, 5.74) is 2.86. The predicted molar refractivity (Wildman–Crippen MR) is 133 cm³/mol. The van der Waals surface area contributed by atoms with Crippen LogP contribution in [0.25, 0.3) is 22.6 Å². The van der Waals surface area contributed by atoms with E-state index >= 15 is 0 Å². The van der Waals surface area contributed by atoms with Gasteiger partial charge in [0.25, 0.3) is 0 Å². The molecule has 3 rings (SSSR count). The molecule has 1 heterocycles. The molecule has 0 bridgehead atoms. The van der Waals surface area contributed by atoms with E-state index in [4.69, 9.17) is 19.6 Å². The minimum Gasteiger partial charge on any atom is -0.481 e. The molecule has 1 aromatic heterocycles. The second kappa shape index (κ2) is 12.2. The van der Waals surface area contributed by atoms with Gasteiger partial charge in [-0.2, -0.15) is 0 Å². The normalized spacial score (nSPS) is 14.0. The van der Waals surface area contributed by atoms with Gasteiger partial charge in [-0.3, -0.25) is 9.36 Å². The lowest BCUT2D eigenvalue weighted by molar-refractivity contribution is -0.139. The Morgan fingerprint density at radius 2 is 1.71 bits per heavy atom. The molecule has 0 saturated heterocycles. The lowest BCUT2D eigenvalue weighted by atomic mass is 9.93. The smallest absolute Gasteiger partial charge is 0.305 e. The molecule has 35 heavy (non-hydrogen) atoms. The molecule has 0 radical (unpaired) electrons. The third-order valence-electron chi connectivity index (χ3n) is 5.79. The van der Waals surface area contributed by atoms with Crippen molar-refractivity contribution in [1.82, 2.24) is 9.97 Å². The fraction of sp³-hybridized carbons (Fsp3) is 0.346. The van der Waals surface area contributed by atoms with E-state index in [1.807, 2.05) is 44.2 Å². The maximum atomic E-state index is 13.7. The van der Waals surface area contributed by atoms with Crippen molar-refractivity contribution in [3.63, 3.8) is 0 Å². The maximum Gasteiger partial charge on any atom is 0.305 e. The fourth-order valence-electron chi connectivity index (χ4n) is 4.03. The first-order chi connectivity index (χ1) is 16.7. The molecule has 9 heteroatoms. The summed E-state index contributed by atoms with van der Waals surface area (Å²) in [6.45, 7) is 4.01. The average Bonchev–Trinajstić information content (AvgIpc) is 2.84. The molecular formula is C26H30FN2O5P. The molecule has 7 nitrogen and oxygen atoms in total. The highest BCUT2D eigenvalue weighted by Crippen LogP contribution is 2.38. The van der Waals surface area contributed by atoms with E-state index in [0.29, 0.717) is 23.5 Å². The Bertz CT molecular complexity index is 1170. The Hall–Kier alpha value is -2.93. The molecule has 0 spiro atoms. The summed E-state index contributed by atoms with van der Waals surface area (Å²) in [7, 11) is -1.42. The number of aliphatic hydroxyl groups excluding tert-OH is 1. The zero-order chi connectivity index (χ0) is 25.5. The number of aliphatic carboxylic acids is 1. The van der Waals surface area contributed by atoms with Crippen LogP contribution in [0.1, 0.15) is 43.9 Å². The third kappa shape index (κ3) is 6.82. The lowest BCUT2D eigenvalue weighted by Crippen LogP contribution is -2.27. The van der Waals surface area contributed by atoms with Crippen LogP contribution in [0.5, 0.6) is 0 Å². The number of halogens is 1. The quantitative estimate of drug-likeness (QED) is 0.343. The standard InChI is InChI=1S/C26H30FN2O5P/c1-16(2)24-20(13-14-22(35(33)34-3)21(30)15-23(31)32)25(17-9-11-19(27)12-10-17)29-26(28-24)18-7-5-4-6-8-18/h4-12,16,21-22,30,35H,13-15H2,1-3H3,(H,31,32). The SMILES string of the molecule is CO[PH](=O)C(CCc1c(-c2ccc(F)cc2)nc(-c2ccccc2)nc1C(C)C)C(O)CC(=O)O. The third-order valence-corrected chi connectivity index (χ3v) is 7.47. The van der Waals surface area contributed by atoms with Gasteiger partial charge in [-0.15, -0.1) is 0 Å². The van der Waals surface area contributed by atoms with Crippen LogP contribution in [0.15, 0.2) is 54.6 Å². The first kappa shape index (κ1) is 26.7. The lowest BCUT2D eigenvalue weighted by Gasteiger charge is -2.23. The summed E-state index contributed by atoms with van der Waals surface area (Å²) >= 11 is 0. The van der Waals surface area contributed by atoms with Crippen LogP contribution in [-0.4, -0.2) is 45.0 Å². The van der Waals surface area contributed by atoms with E-state index in [2.05, 4.69) is 0 Å². The summed E-state index contributed by atoms with van der Waals surface area (Å²) in [6, 6.07) is 15.6. The van der Waals surface area contributed by atoms with Crippen molar-refractivity contribution in [1.29, 1.82) is 0 Å². The van der Waals surface area contributed by atoms with Gasteiger partial charge in [0.05, 0.1) is 29.6 Å². The molecule has 0 aliphatic rings. The number of hydrogen-bond donors (Lipinski definition) is 2. The molecule has 3 unspecified atom stereocenters. The van der Waals surface area contributed by atoms with Crippen LogP contribution < -0.4 is 0 Å². The zero-order valence-electron chi connectivity index (χ0n) is 19.9. The number of benzene rings is 2. The van der Waals surface area contributed by atoms with Gasteiger partial charge in [-0.1, -0.05) is 44.2 Å². The van der Waals surface area contributed by atoms with Crippen molar-refractivity contribution in [2.24, 2.45) is 0 Å². The van der Waals surface area contributed by atoms with Gasteiger partial charge in [-0.25, -0.2) is 14.4 Å². The number of hydrogen-bond acceptors (Lipinski definition) is 6. The van der Waals surface area contributed by atoms with Gasteiger partial charge in [0.1, 0.15) is 5.82 Å². The molecule has 186 valence electrons. The summed E-state index contributed by atoms with van der Waals surface area (Å²) in [4.78, 5) is 20.8. The highest BCUT2D eigenvalue weighted by atomic mass is 31.1. The van der Waals surface area contributed by atoms with Crippen molar-refractivity contribution in [2.75, 3.05) is 7.11 Å². The monoisotopic (exact) mass is 500 g/mol. The molecule has 0 saturated carbocycles. The number of carbonyl (C=O) groups is 1. The second-order valence-corrected chi connectivity index (χ2v) is 10.4. The van der Waals surface area contributed by atoms with E-state index < -0.39 is 32.2 Å². The van der Waals surface area contributed by atoms with Crippen molar-refractivity contribution < 1.29 is 28.5 Å². The highest BCUT2D eigenvalue weighted by Gasteiger charge is 2.29. The van der Waals surface area contributed by atoms with Crippen LogP contribution in [-0.2, 0) is 20.3 Å². The Kier molecular flexibility index (Phi) is 9.26. The van der Waals surface area contributed by atoms with Gasteiger partial charge < -0.3 is 14.7 Å². The molecular weight excluding hydrogens is 470 g/mol. The first-order valence-corrected chi connectivity index (χ1v) is 12.8. The Morgan fingerprint density at radius 3 is 2.29 bits per heavy atom. The Labute approximate surface area is 204 Å². The van der Waals surface area contributed by atoms with Gasteiger partial charge in [0.2, 0.25) is 0 Å². The van der Waals surface area contributed by atoms with Crippen LogP contribution in [0.4, 0.5) is 4.39 Å². The van der Waals surface area contributed by atoms with Gasteiger partial charge in [0.15, 0.2) is 13.9 Å². The maximum absolute atomic E-state index is 13.7. The number of aromatic nitrogens is 2. The number of nitrogens with zero attached hydrogens (tertiary/aromatic N) is 2. The van der Waals surface area contributed by atoms with Crippen molar-refractivity contribution in [3.8, 4) is 22.6 Å². The highest BCUT2D eigenvalue weighted by molar-refractivity contribution is 7.40. The fourth-order valence-corrected chi connectivity index (χ4v) is 5.14. The van der Waals surface area contributed by atoms with Crippen molar-refractivity contribution in [3.05, 3.63) is 71.7 Å². The van der Waals surface area contributed by atoms with Gasteiger partial charge >= 0.3 is 5.97 Å². The topological polar surface area (TPSA) is 110 Å². The molecule has 2 aromatic carbocycles. The van der Waals surface area contributed by atoms with Crippen molar-refractivity contribution >= 4 is 14.0 Å². The average molecular weight is 501 g/mol. The van der Waals surface area contributed by atoms with Crippen LogP contribution in [0.3, 0.4) is 0 Å². The second-order valence-electron chi connectivity index (χ2n) is 8.62. The molecule has 2 N–H and O–H groups in total. The minimum absolute atomic E-state index is 0.0107. The zero-order valence-corrected chi connectivity index (χ0v) is 20.9.